The first-order valence-corrected chi connectivity index (χ1v) is 8.03. The molecule has 0 spiro atoms. The van der Waals surface area contributed by atoms with E-state index in [2.05, 4.69) is 10.5 Å². The van der Waals surface area contributed by atoms with Crippen molar-refractivity contribution in [2.45, 2.75) is 51.4 Å². The van der Waals surface area contributed by atoms with Gasteiger partial charge in [-0.2, -0.15) is 0 Å². The summed E-state index contributed by atoms with van der Waals surface area (Å²) in [4.78, 5) is 12.4. The molecule has 0 heterocycles. The lowest BCUT2D eigenvalue weighted by Gasteiger charge is -2.34. The molecule has 2 saturated carbocycles. The molecule has 6 nitrogen and oxygen atoms in total. The first kappa shape index (κ1) is 16.1. The van der Waals surface area contributed by atoms with Crippen LogP contribution < -0.4 is 11.1 Å². The van der Waals surface area contributed by atoms with Crippen molar-refractivity contribution in [3.63, 3.8) is 0 Å². The molecule has 2 rings (SSSR count). The second-order valence-electron chi connectivity index (χ2n) is 6.26. The molecule has 0 aliphatic heterocycles. The molecule has 0 saturated heterocycles. The number of carbonyl (C=O) groups excluding carboxylic acids is 1. The Morgan fingerprint density at radius 1 is 1.33 bits per heavy atom. The number of carbonyl (C=O) groups is 1. The van der Waals surface area contributed by atoms with Crippen molar-refractivity contribution in [2.24, 2.45) is 22.2 Å². The van der Waals surface area contributed by atoms with E-state index in [-0.39, 0.29) is 11.7 Å². The zero-order valence-electron chi connectivity index (χ0n) is 12.6. The number of amides is 1. The normalized spacial score (nSPS) is 22.0. The standard InChI is InChI=1S/C15H27N3O3/c16-13(18-20)15(7-2-1-3-8-15)14(19)17-9-4-10-21-11-12-5-6-12/h12,20H,1-11H2,(H2,16,18)(H,17,19). The zero-order chi connectivity index (χ0) is 15.1. The monoisotopic (exact) mass is 297 g/mol. The van der Waals surface area contributed by atoms with Crippen LogP contribution in [0.1, 0.15) is 51.4 Å². The number of nitrogens with two attached hydrogens (primary N) is 1. The van der Waals surface area contributed by atoms with Gasteiger partial charge in [0.25, 0.3) is 0 Å². The molecule has 4 N–H and O–H groups in total. The van der Waals surface area contributed by atoms with Gasteiger partial charge in [-0.05, 0) is 38.0 Å². The predicted molar refractivity (Wildman–Crippen MR) is 80.1 cm³/mol. The van der Waals surface area contributed by atoms with Crippen LogP contribution in [-0.4, -0.2) is 36.7 Å². The van der Waals surface area contributed by atoms with Gasteiger partial charge < -0.3 is 21.0 Å². The van der Waals surface area contributed by atoms with Gasteiger partial charge >= 0.3 is 0 Å². The molecule has 0 aromatic carbocycles. The van der Waals surface area contributed by atoms with Crippen LogP contribution in [0.4, 0.5) is 0 Å². The van der Waals surface area contributed by atoms with Crippen molar-refractivity contribution in [1.29, 1.82) is 0 Å². The number of nitrogens with one attached hydrogen (secondary N) is 1. The Hall–Kier alpha value is -1.30. The molecular weight excluding hydrogens is 270 g/mol. The van der Waals surface area contributed by atoms with Crippen LogP contribution in [0, 0.1) is 11.3 Å². The molecule has 0 atom stereocenters. The molecule has 0 unspecified atom stereocenters. The van der Waals surface area contributed by atoms with Crippen LogP contribution in [0.2, 0.25) is 0 Å². The quantitative estimate of drug-likeness (QED) is 0.208. The molecular formula is C15H27N3O3. The van der Waals surface area contributed by atoms with Gasteiger partial charge in [0.05, 0.1) is 0 Å². The van der Waals surface area contributed by atoms with Gasteiger partial charge in [-0.15, -0.1) is 0 Å². The molecule has 2 aliphatic rings. The Kier molecular flexibility index (Phi) is 5.85. The summed E-state index contributed by atoms with van der Waals surface area (Å²) in [6, 6.07) is 0. The number of rotatable bonds is 8. The minimum absolute atomic E-state index is 0.0460. The predicted octanol–water partition coefficient (Wildman–Crippen LogP) is 1.62. The molecule has 120 valence electrons. The molecule has 2 fully saturated rings. The molecule has 0 radical (unpaired) electrons. The topological polar surface area (TPSA) is 96.9 Å². The third-order valence-corrected chi connectivity index (χ3v) is 4.54. The van der Waals surface area contributed by atoms with Crippen LogP contribution in [-0.2, 0) is 9.53 Å². The van der Waals surface area contributed by atoms with Gasteiger partial charge in [0.15, 0.2) is 5.84 Å². The molecule has 0 aromatic heterocycles. The molecule has 1 amide bonds. The molecule has 2 aliphatic carbocycles. The second kappa shape index (κ2) is 7.64. The minimum atomic E-state index is -0.818. The van der Waals surface area contributed by atoms with Gasteiger partial charge in [0.1, 0.15) is 5.41 Å². The Labute approximate surface area is 126 Å². The van der Waals surface area contributed by atoms with E-state index in [1.54, 1.807) is 0 Å². The summed E-state index contributed by atoms with van der Waals surface area (Å²) >= 11 is 0. The van der Waals surface area contributed by atoms with Crippen molar-refractivity contribution >= 4 is 11.7 Å². The summed E-state index contributed by atoms with van der Waals surface area (Å²) < 4.78 is 5.54. The number of oxime groups is 1. The third-order valence-electron chi connectivity index (χ3n) is 4.54. The summed E-state index contributed by atoms with van der Waals surface area (Å²) in [6.45, 7) is 2.10. The van der Waals surface area contributed by atoms with E-state index in [1.807, 2.05) is 0 Å². The summed E-state index contributed by atoms with van der Waals surface area (Å²) in [7, 11) is 0. The van der Waals surface area contributed by atoms with Crippen LogP contribution in [0.3, 0.4) is 0 Å². The minimum Gasteiger partial charge on any atom is -0.409 e. The third kappa shape index (κ3) is 4.33. The van der Waals surface area contributed by atoms with Gasteiger partial charge in [-0.3, -0.25) is 4.79 Å². The highest BCUT2D eigenvalue weighted by Crippen LogP contribution is 2.36. The number of ether oxygens (including phenoxy) is 1. The van der Waals surface area contributed by atoms with E-state index in [0.717, 1.165) is 38.2 Å². The molecule has 0 aromatic rings. The Balaban J connectivity index is 1.72. The number of amidine groups is 1. The SMILES string of the molecule is NC(=NO)C1(C(=O)NCCCOCC2CC2)CCCCC1. The number of nitrogens with zero attached hydrogens (tertiary/aromatic N) is 1. The van der Waals surface area contributed by atoms with Gasteiger partial charge in [0, 0.05) is 19.8 Å². The maximum absolute atomic E-state index is 12.4. The smallest absolute Gasteiger partial charge is 0.233 e. The van der Waals surface area contributed by atoms with Crippen LogP contribution in [0.25, 0.3) is 0 Å². The van der Waals surface area contributed by atoms with Gasteiger partial charge in [-0.1, -0.05) is 24.4 Å². The van der Waals surface area contributed by atoms with Gasteiger partial charge in [-0.25, -0.2) is 0 Å². The van der Waals surface area contributed by atoms with Crippen molar-refractivity contribution in [1.82, 2.24) is 5.32 Å². The lowest BCUT2D eigenvalue weighted by molar-refractivity contribution is -0.129. The lowest BCUT2D eigenvalue weighted by Crippen LogP contribution is -2.51. The zero-order valence-corrected chi connectivity index (χ0v) is 12.6. The summed E-state index contributed by atoms with van der Waals surface area (Å²) in [5.74, 6) is 0.704. The Morgan fingerprint density at radius 2 is 2.05 bits per heavy atom. The average Bonchev–Trinajstić information content (AvgIpc) is 3.34. The van der Waals surface area contributed by atoms with E-state index < -0.39 is 5.41 Å². The molecule has 6 heteroatoms. The van der Waals surface area contributed by atoms with Crippen LogP contribution >= 0.6 is 0 Å². The first-order chi connectivity index (χ1) is 10.2. The molecule has 0 bridgehead atoms. The summed E-state index contributed by atoms with van der Waals surface area (Å²) in [5.41, 5.74) is 4.97. The van der Waals surface area contributed by atoms with E-state index in [0.29, 0.717) is 26.0 Å². The second-order valence-corrected chi connectivity index (χ2v) is 6.26. The highest BCUT2D eigenvalue weighted by Gasteiger charge is 2.43. The van der Waals surface area contributed by atoms with Crippen molar-refractivity contribution in [3.8, 4) is 0 Å². The fourth-order valence-electron chi connectivity index (χ4n) is 2.93. The average molecular weight is 297 g/mol. The van der Waals surface area contributed by atoms with Crippen molar-refractivity contribution in [2.75, 3.05) is 19.8 Å². The van der Waals surface area contributed by atoms with Crippen LogP contribution in [0.15, 0.2) is 5.16 Å². The largest absolute Gasteiger partial charge is 0.409 e. The molecule has 21 heavy (non-hydrogen) atoms. The first-order valence-electron chi connectivity index (χ1n) is 8.03. The maximum Gasteiger partial charge on any atom is 0.233 e. The number of hydrogen-bond donors (Lipinski definition) is 3. The number of hydrogen-bond acceptors (Lipinski definition) is 4. The lowest BCUT2D eigenvalue weighted by atomic mass is 9.72. The highest BCUT2D eigenvalue weighted by molar-refractivity contribution is 6.06. The Morgan fingerprint density at radius 3 is 2.67 bits per heavy atom. The van der Waals surface area contributed by atoms with Crippen molar-refractivity contribution in [3.05, 3.63) is 0 Å². The Bertz CT molecular complexity index is 374. The van der Waals surface area contributed by atoms with Crippen molar-refractivity contribution < 1.29 is 14.7 Å². The van der Waals surface area contributed by atoms with E-state index in [4.69, 9.17) is 15.7 Å². The fraction of sp³-hybridized carbons (Fsp3) is 0.867. The maximum atomic E-state index is 12.4. The highest BCUT2D eigenvalue weighted by atomic mass is 16.5. The van der Waals surface area contributed by atoms with Crippen LogP contribution in [0.5, 0.6) is 0 Å². The van der Waals surface area contributed by atoms with E-state index >= 15 is 0 Å². The summed E-state index contributed by atoms with van der Waals surface area (Å²) in [5, 5.41) is 15.0. The van der Waals surface area contributed by atoms with Gasteiger partial charge in [0.2, 0.25) is 5.91 Å². The van der Waals surface area contributed by atoms with E-state index in [9.17, 15) is 4.79 Å². The summed E-state index contributed by atoms with van der Waals surface area (Å²) in [6.07, 6.45) is 7.67. The van der Waals surface area contributed by atoms with E-state index in [1.165, 1.54) is 12.8 Å². The fourth-order valence-corrected chi connectivity index (χ4v) is 2.93.